The second kappa shape index (κ2) is 11.2. The first-order chi connectivity index (χ1) is 13.2. The van der Waals surface area contributed by atoms with Crippen LogP contribution in [-0.2, 0) is 10.0 Å². The van der Waals surface area contributed by atoms with E-state index in [2.05, 4.69) is 22.6 Å². The molecule has 0 aromatic heterocycles. The first-order valence-electron chi connectivity index (χ1n) is 9.73. The van der Waals surface area contributed by atoms with Gasteiger partial charge in [-0.3, -0.25) is 0 Å². The Morgan fingerprint density at radius 3 is 2.71 bits per heavy atom. The molecule has 1 aliphatic heterocycles. The minimum absolute atomic E-state index is 0.0229. The standard InChI is InChI=1S/C20H31ClN2O4S/c1-3-4-5-6-16-11-17(21)13-20(12-16)27-15-19(24)14-23-9-7-18(8-10-23)22-28(2,25)26/h5-6,11-13,18-19,22,24H,3-4,7-10,14-15H2,1-2H3/b6-5+. The lowest BCUT2D eigenvalue weighted by atomic mass is 10.1. The van der Waals surface area contributed by atoms with Crippen molar-refractivity contribution in [3.8, 4) is 5.75 Å². The van der Waals surface area contributed by atoms with Crippen LogP contribution in [0.1, 0.15) is 38.2 Å². The quantitative estimate of drug-likeness (QED) is 0.596. The van der Waals surface area contributed by atoms with E-state index in [0.29, 0.717) is 17.3 Å². The van der Waals surface area contributed by atoms with Crippen molar-refractivity contribution >= 4 is 27.7 Å². The zero-order chi connectivity index (χ0) is 20.6. The monoisotopic (exact) mass is 430 g/mol. The second-order valence-corrected chi connectivity index (χ2v) is 9.56. The molecule has 0 saturated carbocycles. The van der Waals surface area contributed by atoms with Crippen LogP contribution < -0.4 is 9.46 Å². The molecule has 158 valence electrons. The third-order valence-corrected chi connectivity index (χ3v) is 5.52. The maximum Gasteiger partial charge on any atom is 0.208 e. The van der Waals surface area contributed by atoms with Gasteiger partial charge in [-0.05, 0) is 56.1 Å². The van der Waals surface area contributed by atoms with E-state index in [0.717, 1.165) is 44.3 Å². The Labute approximate surface area is 173 Å². The van der Waals surface area contributed by atoms with Crippen molar-refractivity contribution in [2.45, 2.75) is 44.8 Å². The van der Waals surface area contributed by atoms with E-state index in [-0.39, 0.29) is 12.6 Å². The number of hydrogen-bond donors (Lipinski definition) is 2. The largest absolute Gasteiger partial charge is 0.491 e. The summed E-state index contributed by atoms with van der Waals surface area (Å²) in [6, 6.07) is 5.51. The Balaban J connectivity index is 1.77. The van der Waals surface area contributed by atoms with Gasteiger partial charge >= 0.3 is 0 Å². The molecule has 1 unspecified atom stereocenters. The number of sulfonamides is 1. The number of piperidine rings is 1. The first-order valence-corrected chi connectivity index (χ1v) is 12.0. The number of benzene rings is 1. The van der Waals surface area contributed by atoms with Crippen molar-refractivity contribution in [3.05, 3.63) is 34.9 Å². The van der Waals surface area contributed by atoms with Crippen molar-refractivity contribution in [2.75, 3.05) is 32.5 Å². The summed E-state index contributed by atoms with van der Waals surface area (Å²) < 4.78 is 31.0. The number of aliphatic hydroxyl groups is 1. The number of rotatable bonds is 10. The fraction of sp³-hybridized carbons (Fsp3) is 0.600. The summed E-state index contributed by atoms with van der Waals surface area (Å²) in [4.78, 5) is 2.13. The molecule has 0 bridgehead atoms. The lowest BCUT2D eigenvalue weighted by molar-refractivity contribution is 0.0590. The van der Waals surface area contributed by atoms with Crippen LogP contribution in [0, 0.1) is 0 Å². The van der Waals surface area contributed by atoms with Crippen molar-refractivity contribution in [1.82, 2.24) is 9.62 Å². The minimum atomic E-state index is -3.17. The molecular formula is C20H31ClN2O4S. The zero-order valence-corrected chi connectivity index (χ0v) is 18.2. The van der Waals surface area contributed by atoms with E-state index in [1.807, 2.05) is 18.2 Å². The van der Waals surface area contributed by atoms with Crippen molar-refractivity contribution in [3.63, 3.8) is 0 Å². The molecule has 1 fully saturated rings. The maximum atomic E-state index is 11.3. The number of allylic oxidation sites excluding steroid dienone is 1. The van der Waals surface area contributed by atoms with Crippen LogP contribution in [0.15, 0.2) is 24.3 Å². The molecule has 28 heavy (non-hydrogen) atoms. The van der Waals surface area contributed by atoms with E-state index < -0.39 is 16.1 Å². The first kappa shape index (κ1) is 23.2. The van der Waals surface area contributed by atoms with Gasteiger partial charge in [-0.2, -0.15) is 0 Å². The van der Waals surface area contributed by atoms with Crippen LogP contribution >= 0.6 is 11.6 Å². The molecule has 2 N–H and O–H groups in total. The molecule has 1 heterocycles. The highest BCUT2D eigenvalue weighted by molar-refractivity contribution is 7.88. The van der Waals surface area contributed by atoms with E-state index in [1.165, 1.54) is 6.26 Å². The van der Waals surface area contributed by atoms with Crippen molar-refractivity contribution in [2.24, 2.45) is 0 Å². The molecule has 1 aliphatic rings. The summed E-state index contributed by atoms with van der Waals surface area (Å²) in [5, 5.41) is 10.9. The van der Waals surface area contributed by atoms with Gasteiger partial charge in [-0.15, -0.1) is 0 Å². The van der Waals surface area contributed by atoms with Gasteiger partial charge in [-0.1, -0.05) is 37.1 Å². The summed E-state index contributed by atoms with van der Waals surface area (Å²) in [7, 11) is -3.17. The van der Waals surface area contributed by atoms with Gasteiger partial charge in [0.1, 0.15) is 18.5 Å². The number of likely N-dealkylation sites (tertiary alicyclic amines) is 1. The van der Waals surface area contributed by atoms with Crippen LogP contribution in [-0.4, -0.2) is 63.1 Å². The highest BCUT2D eigenvalue weighted by atomic mass is 35.5. The summed E-state index contributed by atoms with van der Waals surface area (Å²) >= 11 is 6.16. The molecule has 1 saturated heterocycles. The fourth-order valence-electron chi connectivity index (χ4n) is 3.23. The molecule has 0 spiro atoms. The van der Waals surface area contributed by atoms with Crippen molar-refractivity contribution in [1.29, 1.82) is 0 Å². The molecule has 0 radical (unpaired) electrons. The number of nitrogens with zero attached hydrogens (tertiary/aromatic N) is 1. The SMILES string of the molecule is CCC/C=C/c1cc(Cl)cc(OCC(O)CN2CCC(NS(C)(=O)=O)CC2)c1. The lowest BCUT2D eigenvalue weighted by Crippen LogP contribution is -2.46. The third kappa shape index (κ3) is 8.92. The van der Waals surface area contributed by atoms with Gasteiger partial charge in [-0.25, -0.2) is 13.1 Å². The van der Waals surface area contributed by atoms with Gasteiger partial charge in [0.25, 0.3) is 0 Å². The van der Waals surface area contributed by atoms with Crippen LogP contribution in [0.25, 0.3) is 6.08 Å². The molecule has 0 amide bonds. The third-order valence-electron chi connectivity index (χ3n) is 4.54. The van der Waals surface area contributed by atoms with E-state index in [9.17, 15) is 13.5 Å². The zero-order valence-electron chi connectivity index (χ0n) is 16.6. The summed E-state index contributed by atoms with van der Waals surface area (Å²) in [6.45, 7) is 4.29. The number of aliphatic hydroxyl groups excluding tert-OH is 1. The molecule has 1 atom stereocenters. The summed E-state index contributed by atoms with van der Waals surface area (Å²) in [5.74, 6) is 0.638. The van der Waals surface area contributed by atoms with Crippen LogP contribution in [0.2, 0.25) is 5.02 Å². The molecule has 2 rings (SSSR count). The van der Waals surface area contributed by atoms with Gasteiger partial charge in [0.2, 0.25) is 10.0 Å². The summed E-state index contributed by atoms with van der Waals surface area (Å²) in [6.07, 6.45) is 8.26. The Kier molecular flexibility index (Phi) is 9.24. The second-order valence-electron chi connectivity index (χ2n) is 7.34. The van der Waals surface area contributed by atoms with Crippen LogP contribution in [0.4, 0.5) is 0 Å². The molecular weight excluding hydrogens is 400 g/mol. The van der Waals surface area contributed by atoms with Crippen LogP contribution in [0.5, 0.6) is 5.75 Å². The predicted molar refractivity (Wildman–Crippen MR) is 114 cm³/mol. The topological polar surface area (TPSA) is 78.9 Å². The van der Waals surface area contributed by atoms with Gasteiger partial charge in [0, 0.05) is 17.6 Å². The highest BCUT2D eigenvalue weighted by Gasteiger charge is 2.23. The minimum Gasteiger partial charge on any atom is -0.491 e. The number of halogens is 1. The molecule has 1 aromatic carbocycles. The fourth-order valence-corrected chi connectivity index (χ4v) is 4.30. The summed E-state index contributed by atoms with van der Waals surface area (Å²) in [5.41, 5.74) is 0.978. The number of hydrogen-bond acceptors (Lipinski definition) is 5. The molecule has 1 aromatic rings. The van der Waals surface area contributed by atoms with Crippen molar-refractivity contribution < 1.29 is 18.3 Å². The molecule has 8 heteroatoms. The number of nitrogens with one attached hydrogen (secondary N) is 1. The van der Waals surface area contributed by atoms with Crippen LogP contribution in [0.3, 0.4) is 0 Å². The number of β-amino-alcohol motifs (C(OH)–C–C–N with tert-alkyl or cyclic N) is 1. The average molecular weight is 431 g/mol. The number of ether oxygens (including phenoxy) is 1. The molecule has 6 nitrogen and oxygen atoms in total. The smallest absolute Gasteiger partial charge is 0.208 e. The van der Waals surface area contributed by atoms with Gasteiger partial charge in [0.05, 0.1) is 6.26 Å². The predicted octanol–water partition coefficient (Wildman–Crippen LogP) is 2.91. The average Bonchev–Trinajstić information content (AvgIpc) is 2.60. The maximum absolute atomic E-state index is 11.3. The Hall–Kier alpha value is -1.12. The number of unbranched alkanes of at least 4 members (excludes halogenated alkanes) is 1. The normalized spacial score (nSPS) is 17.9. The van der Waals surface area contributed by atoms with E-state index in [1.54, 1.807) is 6.07 Å². The Morgan fingerprint density at radius 2 is 2.07 bits per heavy atom. The van der Waals surface area contributed by atoms with Gasteiger partial charge in [0.15, 0.2) is 0 Å². The van der Waals surface area contributed by atoms with Gasteiger partial charge < -0.3 is 14.7 Å². The Bertz CT molecular complexity index is 747. The highest BCUT2D eigenvalue weighted by Crippen LogP contribution is 2.22. The van der Waals surface area contributed by atoms with E-state index >= 15 is 0 Å². The molecule has 0 aliphatic carbocycles. The van der Waals surface area contributed by atoms with E-state index in [4.69, 9.17) is 16.3 Å². The Morgan fingerprint density at radius 1 is 1.36 bits per heavy atom. The lowest BCUT2D eigenvalue weighted by Gasteiger charge is -2.33.